The molecular weight excluding hydrogens is 336 g/mol. The van der Waals surface area contributed by atoms with E-state index < -0.39 is 5.97 Å². The van der Waals surface area contributed by atoms with Crippen molar-refractivity contribution in [3.05, 3.63) is 40.4 Å². The number of aromatic nitrogens is 2. The summed E-state index contributed by atoms with van der Waals surface area (Å²) in [5.74, 6) is 0.152. The SMILES string of the molecule is COC(=O)c1cccc2nc3cc(Br)cc(OC)c3nc12. The summed E-state index contributed by atoms with van der Waals surface area (Å²) in [6.07, 6.45) is 0. The Labute approximate surface area is 129 Å². The second-order valence-electron chi connectivity index (χ2n) is 4.36. The quantitative estimate of drug-likeness (QED) is 0.526. The molecule has 0 radical (unpaired) electrons. The number of para-hydroxylation sites is 1. The molecule has 1 heterocycles. The van der Waals surface area contributed by atoms with Crippen LogP contribution in [0.5, 0.6) is 5.75 Å². The van der Waals surface area contributed by atoms with Crippen molar-refractivity contribution in [3.63, 3.8) is 0 Å². The fourth-order valence-corrected chi connectivity index (χ4v) is 2.59. The Bertz CT molecular complexity index is 864. The van der Waals surface area contributed by atoms with Crippen LogP contribution in [-0.4, -0.2) is 30.2 Å². The average Bonchev–Trinajstić information content (AvgIpc) is 2.50. The molecule has 1 aromatic heterocycles. The Morgan fingerprint density at radius 1 is 1.10 bits per heavy atom. The van der Waals surface area contributed by atoms with Gasteiger partial charge in [0.1, 0.15) is 16.8 Å². The van der Waals surface area contributed by atoms with Crippen molar-refractivity contribution < 1.29 is 14.3 Å². The fourth-order valence-electron chi connectivity index (χ4n) is 2.17. The van der Waals surface area contributed by atoms with Crippen molar-refractivity contribution in [3.8, 4) is 5.75 Å². The molecular formula is C15H11BrN2O3. The summed E-state index contributed by atoms with van der Waals surface area (Å²) in [5.41, 5.74) is 2.80. The zero-order valence-electron chi connectivity index (χ0n) is 11.4. The molecule has 0 aliphatic heterocycles. The van der Waals surface area contributed by atoms with Gasteiger partial charge in [0, 0.05) is 4.47 Å². The van der Waals surface area contributed by atoms with Crippen LogP contribution in [0.2, 0.25) is 0 Å². The van der Waals surface area contributed by atoms with Gasteiger partial charge in [0.25, 0.3) is 0 Å². The van der Waals surface area contributed by atoms with Gasteiger partial charge < -0.3 is 9.47 Å². The van der Waals surface area contributed by atoms with E-state index in [0.717, 1.165) is 4.47 Å². The number of esters is 1. The van der Waals surface area contributed by atoms with Gasteiger partial charge in [0.15, 0.2) is 0 Å². The van der Waals surface area contributed by atoms with Gasteiger partial charge in [-0.1, -0.05) is 22.0 Å². The van der Waals surface area contributed by atoms with E-state index in [1.165, 1.54) is 7.11 Å². The third-order valence-electron chi connectivity index (χ3n) is 3.12. The highest BCUT2D eigenvalue weighted by Crippen LogP contribution is 2.30. The third-order valence-corrected chi connectivity index (χ3v) is 3.58. The van der Waals surface area contributed by atoms with Crippen LogP contribution < -0.4 is 4.74 Å². The molecule has 0 unspecified atom stereocenters. The minimum atomic E-state index is -0.440. The predicted octanol–water partition coefficient (Wildman–Crippen LogP) is 3.34. The first-order valence-corrected chi connectivity index (χ1v) is 6.95. The minimum Gasteiger partial charge on any atom is -0.494 e. The number of hydrogen-bond acceptors (Lipinski definition) is 5. The van der Waals surface area contributed by atoms with Crippen LogP contribution in [0, 0.1) is 0 Å². The van der Waals surface area contributed by atoms with Crippen LogP contribution in [0.1, 0.15) is 10.4 Å². The van der Waals surface area contributed by atoms with E-state index in [9.17, 15) is 4.79 Å². The lowest BCUT2D eigenvalue weighted by atomic mass is 10.1. The molecule has 3 rings (SSSR count). The number of carbonyl (C=O) groups is 1. The predicted molar refractivity (Wildman–Crippen MR) is 82.6 cm³/mol. The zero-order valence-corrected chi connectivity index (χ0v) is 13.0. The Kier molecular flexibility index (Phi) is 3.47. The van der Waals surface area contributed by atoms with Crippen LogP contribution >= 0.6 is 15.9 Å². The largest absolute Gasteiger partial charge is 0.494 e. The maximum Gasteiger partial charge on any atom is 0.340 e. The van der Waals surface area contributed by atoms with Gasteiger partial charge in [-0.2, -0.15) is 0 Å². The van der Waals surface area contributed by atoms with Crippen LogP contribution in [0.15, 0.2) is 34.8 Å². The third kappa shape index (κ3) is 2.31. The molecule has 0 bridgehead atoms. The number of methoxy groups -OCH3 is 2. The molecule has 2 aromatic carbocycles. The molecule has 0 amide bonds. The molecule has 6 heteroatoms. The first kappa shape index (κ1) is 13.8. The highest BCUT2D eigenvalue weighted by molar-refractivity contribution is 9.10. The highest BCUT2D eigenvalue weighted by Gasteiger charge is 2.15. The standard InChI is InChI=1S/C15H11BrN2O3/c1-20-12-7-8(16)6-11-14(12)18-13-9(15(19)21-2)4-3-5-10(13)17-11/h3-7H,1-2H3. The van der Waals surface area contributed by atoms with Crippen molar-refractivity contribution >= 4 is 44.0 Å². The van der Waals surface area contributed by atoms with Crippen molar-refractivity contribution in [2.45, 2.75) is 0 Å². The maximum atomic E-state index is 11.8. The number of rotatable bonds is 2. The summed E-state index contributed by atoms with van der Waals surface area (Å²) in [6, 6.07) is 8.89. The molecule has 0 spiro atoms. The smallest absolute Gasteiger partial charge is 0.340 e. The normalized spacial score (nSPS) is 10.8. The minimum absolute atomic E-state index is 0.384. The Balaban J connectivity index is 2.41. The molecule has 0 saturated carbocycles. The molecule has 0 aliphatic carbocycles. The topological polar surface area (TPSA) is 61.3 Å². The van der Waals surface area contributed by atoms with Crippen LogP contribution in [0.4, 0.5) is 0 Å². The Morgan fingerprint density at radius 3 is 2.62 bits per heavy atom. The number of halogens is 1. The highest BCUT2D eigenvalue weighted by atomic mass is 79.9. The lowest BCUT2D eigenvalue weighted by Crippen LogP contribution is -2.04. The van der Waals surface area contributed by atoms with Gasteiger partial charge in [-0.15, -0.1) is 0 Å². The van der Waals surface area contributed by atoms with Crippen molar-refractivity contribution in [1.82, 2.24) is 9.97 Å². The van der Waals surface area contributed by atoms with Gasteiger partial charge in [0.2, 0.25) is 0 Å². The summed E-state index contributed by atoms with van der Waals surface area (Å²) in [7, 11) is 2.91. The molecule has 0 atom stereocenters. The molecule has 3 aromatic rings. The second kappa shape index (κ2) is 5.29. The van der Waals surface area contributed by atoms with Gasteiger partial charge in [-0.05, 0) is 24.3 Å². The van der Waals surface area contributed by atoms with Crippen molar-refractivity contribution in [2.24, 2.45) is 0 Å². The molecule has 0 N–H and O–H groups in total. The Morgan fingerprint density at radius 2 is 1.90 bits per heavy atom. The first-order chi connectivity index (χ1) is 10.1. The monoisotopic (exact) mass is 346 g/mol. The molecule has 0 fully saturated rings. The van der Waals surface area contributed by atoms with E-state index in [4.69, 9.17) is 9.47 Å². The summed E-state index contributed by atoms with van der Waals surface area (Å²) in [5, 5.41) is 0. The van der Waals surface area contributed by atoms with E-state index in [-0.39, 0.29) is 0 Å². The number of hydrogen-bond donors (Lipinski definition) is 0. The summed E-state index contributed by atoms with van der Waals surface area (Å²) >= 11 is 3.42. The van der Waals surface area contributed by atoms with Crippen molar-refractivity contribution in [2.75, 3.05) is 14.2 Å². The van der Waals surface area contributed by atoms with E-state index in [1.807, 2.05) is 18.2 Å². The van der Waals surface area contributed by atoms with Crippen molar-refractivity contribution in [1.29, 1.82) is 0 Å². The lowest BCUT2D eigenvalue weighted by molar-refractivity contribution is 0.0603. The van der Waals surface area contributed by atoms with E-state index >= 15 is 0 Å². The van der Waals surface area contributed by atoms with Gasteiger partial charge in [-0.3, -0.25) is 0 Å². The first-order valence-electron chi connectivity index (χ1n) is 6.16. The number of carbonyl (C=O) groups excluding carboxylic acids is 1. The molecule has 5 nitrogen and oxygen atoms in total. The molecule has 21 heavy (non-hydrogen) atoms. The molecule has 106 valence electrons. The number of benzene rings is 2. The summed E-state index contributed by atoms with van der Waals surface area (Å²) in [4.78, 5) is 20.9. The van der Waals surface area contributed by atoms with Crippen LogP contribution in [0.3, 0.4) is 0 Å². The number of fused-ring (bicyclic) bond motifs is 2. The Hall–Kier alpha value is -2.21. The lowest BCUT2D eigenvalue weighted by Gasteiger charge is -2.08. The van der Waals surface area contributed by atoms with Gasteiger partial charge in [0.05, 0.1) is 30.8 Å². The second-order valence-corrected chi connectivity index (χ2v) is 5.28. The van der Waals surface area contributed by atoms with E-state index in [0.29, 0.717) is 33.4 Å². The van der Waals surface area contributed by atoms with Gasteiger partial charge in [-0.25, -0.2) is 14.8 Å². The molecule has 0 saturated heterocycles. The maximum absolute atomic E-state index is 11.8. The summed E-state index contributed by atoms with van der Waals surface area (Å²) in [6.45, 7) is 0. The average molecular weight is 347 g/mol. The zero-order chi connectivity index (χ0) is 15.0. The fraction of sp³-hybridized carbons (Fsp3) is 0.133. The van der Waals surface area contributed by atoms with Crippen LogP contribution in [-0.2, 0) is 4.74 Å². The number of nitrogens with zero attached hydrogens (tertiary/aromatic N) is 2. The molecule has 0 aliphatic rings. The van der Waals surface area contributed by atoms with E-state index in [2.05, 4.69) is 25.9 Å². The number of ether oxygens (including phenoxy) is 2. The summed E-state index contributed by atoms with van der Waals surface area (Å²) < 4.78 is 11.0. The van der Waals surface area contributed by atoms with Gasteiger partial charge >= 0.3 is 5.97 Å². The van der Waals surface area contributed by atoms with E-state index in [1.54, 1.807) is 19.2 Å². The van der Waals surface area contributed by atoms with Crippen LogP contribution in [0.25, 0.3) is 22.1 Å².